The van der Waals surface area contributed by atoms with Crippen molar-refractivity contribution in [3.63, 3.8) is 0 Å². The van der Waals surface area contributed by atoms with E-state index in [1.807, 2.05) is 35.2 Å². The standard InChI is InChI=1S/C22H29N3O2/c1-18-8-5-6-11-20(18)21(19-9-3-2-4-10-19)23-22(27)25-15-13-24(14-16-25)12-7-17-26/h2-6,8-11,21,26H,7,12-17H2,1H3,(H,23,27)/t21-/m0/s1. The lowest BCUT2D eigenvalue weighted by Crippen LogP contribution is -2.52. The number of hydrogen-bond donors (Lipinski definition) is 2. The number of urea groups is 1. The van der Waals surface area contributed by atoms with Gasteiger partial charge < -0.3 is 15.3 Å². The van der Waals surface area contributed by atoms with Crippen LogP contribution in [0.3, 0.4) is 0 Å². The zero-order valence-electron chi connectivity index (χ0n) is 16.0. The van der Waals surface area contributed by atoms with Gasteiger partial charge in [0.05, 0.1) is 6.04 Å². The molecule has 0 bridgehead atoms. The molecule has 0 aliphatic carbocycles. The summed E-state index contributed by atoms with van der Waals surface area (Å²) in [4.78, 5) is 17.1. The number of rotatable bonds is 6. The van der Waals surface area contributed by atoms with E-state index < -0.39 is 0 Å². The summed E-state index contributed by atoms with van der Waals surface area (Å²) >= 11 is 0. The van der Waals surface area contributed by atoms with E-state index in [-0.39, 0.29) is 18.7 Å². The molecule has 1 aliphatic heterocycles. The number of piperazine rings is 1. The minimum Gasteiger partial charge on any atom is -0.396 e. The van der Waals surface area contributed by atoms with E-state index in [2.05, 4.69) is 41.4 Å². The second-order valence-corrected chi connectivity index (χ2v) is 7.06. The topological polar surface area (TPSA) is 55.8 Å². The Morgan fingerprint density at radius 1 is 1.04 bits per heavy atom. The Bertz CT molecular complexity index is 727. The fourth-order valence-electron chi connectivity index (χ4n) is 3.58. The lowest BCUT2D eigenvalue weighted by Gasteiger charge is -2.35. The predicted octanol–water partition coefficient (Wildman–Crippen LogP) is 2.79. The highest BCUT2D eigenvalue weighted by Crippen LogP contribution is 2.25. The van der Waals surface area contributed by atoms with Gasteiger partial charge in [-0.3, -0.25) is 4.90 Å². The zero-order chi connectivity index (χ0) is 19.1. The monoisotopic (exact) mass is 367 g/mol. The Morgan fingerprint density at radius 3 is 2.37 bits per heavy atom. The van der Waals surface area contributed by atoms with E-state index in [1.54, 1.807) is 0 Å². The van der Waals surface area contributed by atoms with E-state index in [0.717, 1.165) is 37.2 Å². The molecule has 0 spiro atoms. The smallest absolute Gasteiger partial charge is 0.318 e. The van der Waals surface area contributed by atoms with Gasteiger partial charge in [0.25, 0.3) is 0 Å². The van der Waals surface area contributed by atoms with Gasteiger partial charge in [-0.05, 0) is 30.0 Å². The number of carbonyl (C=O) groups excluding carboxylic acids is 1. The van der Waals surface area contributed by atoms with Gasteiger partial charge in [0, 0.05) is 39.3 Å². The van der Waals surface area contributed by atoms with Crippen molar-refractivity contribution in [3.05, 3.63) is 71.3 Å². The first-order chi connectivity index (χ1) is 13.2. The highest BCUT2D eigenvalue weighted by molar-refractivity contribution is 5.75. The minimum atomic E-state index is -0.160. The zero-order valence-corrected chi connectivity index (χ0v) is 16.0. The summed E-state index contributed by atoms with van der Waals surface area (Å²) in [5, 5.41) is 12.2. The number of nitrogens with one attached hydrogen (secondary N) is 1. The first-order valence-electron chi connectivity index (χ1n) is 9.68. The number of carbonyl (C=O) groups is 1. The maximum atomic E-state index is 12.9. The van der Waals surface area contributed by atoms with Gasteiger partial charge in [-0.2, -0.15) is 0 Å². The van der Waals surface area contributed by atoms with Gasteiger partial charge in [-0.15, -0.1) is 0 Å². The number of hydrogen-bond acceptors (Lipinski definition) is 3. The van der Waals surface area contributed by atoms with Gasteiger partial charge in [-0.1, -0.05) is 54.6 Å². The molecule has 1 aliphatic rings. The molecule has 1 fully saturated rings. The van der Waals surface area contributed by atoms with Gasteiger partial charge >= 0.3 is 6.03 Å². The Morgan fingerprint density at radius 2 is 1.70 bits per heavy atom. The van der Waals surface area contributed by atoms with Crippen LogP contribution >= 0.6 is 0 Å². The molecule has 0 aromatic heterocycles. The molecule has 3 rings (SSSR count). The van der Waals surface area contributed by atoms with Crippen LogP contribution in [0.5, 0.6) is 0 Å². The van der Waals surface area contributed by atoms with Crippen molar-refractivity contribution in [2.75, 3.05) is 39.3 Å². The maximum absolute atomic E-state index is 12.9. The number of amides is 2. The molecule has 2 amide bonds. The molecule has 2 aromatic carbocycles. The fourth-order valence-corrected chi connectivity index (χ4v) is 3.58. The molecule has 0 unspecified atom stereocenters. The fraction of sp³-hybridized carbons (Fsp3) is 0.409. The Hall–Kier alpha value is -2.37. The second-order valence-electron chi connectivity index (χ2n) is 7.06. The number of benzene rings is 2. The molecule has 5 nitrogen and oxygen atoms in total. The average Bonchev–Trinajstić information content (AvgIpc) is 2.72. The molecule has 5 heteroatoms. The Balaban J connectivity index is 1.70. The molecule has 0 saturated carbocycles. The summed E-state index contributed by atoms with van der Waals surface area (Å²) in [6.07, 6.45) is 0.787. The van der Waals surface area contributed by atoms with E-state index in [4.69, 9.17) is 5.11 Å². The van der Waals surface area contributed by atoms with Gasteiger partial charge in [0.2, 0.25) is 0 Å². The number of nitrogens with zero attached hydrogens (tertiary/aromatic N) is 2. The normalized spacial score (nSPS) is 16.1. The Kier molecular flexibility index (Phi) is 6.85. The summed E-state index contributed by atoms with van der Waals surface area (Å²) in [5.74, 6) is 0. The van der Waals surface area contributed by atoms with Crippen molar-refractivity contribution < 1.29 is 9.90 Å². The maximum Gasteiger partial charge on any atom is 0.318 e. The average molecular weight is 367 g/mol. The molecule has 0 radical (unpaired) electrons. The first kappa shape index (κ1) is 19.4. The first-order valence-corrected chi connectivity index (χ1v) is 9.68. The van der Waals surface area contributed by atoms with Crippen LogP contribution in [0.25, 0.3) is 0 Å². The third kappa shape index (κ3) is 5.08. The molecular weight excluding hydrogens is 338 g/mol. The van der Waals surface area contributed by atoms with Crippen LogP contribution in [0, 0.1) is 6.92 Å². The third-order valence-electron chi connectivity index (χ3n) is 5.19. The van der Waals surface area contributed by atoms with E-state index in [1.165, 1.54) is 5.56 Å². The van der Waals surface area contributed by atoms with Crippen LogP contribution in [0.1, 0.15) is 29.2 Å². The molecule has 1 atom stereocenters. The van der Waals surface area contributed by atoms with Crippen molar-refractivity contribution >= 4 is 6.03 Å². The van der Waals surface area contributed by atoms with Crippen LogP contribution in [-0.4, -0.2) is 60.3 Å². The quantitative estimate of drug-likeness (QED) is 0.825. The second kappa shape index (κ2) is 9.53. The van der Waals surface area contributed by atoms with Crippen LogP contribution in [-0.2, 0) is 0 Å². The van der Waals surface area contributed by atoms with Crippen LogP contribution < -0.4 is 5.32 Å². The predicted molar refractivity (Wildman–Crippen MR) is 108 cm³/mol. The van der Waals surface area contributed by atoms with E-state index in [0.29, 0.717) is 13.1 Å². The number of aliphatic hydroxyl groups is 1. The number of aryl methyl sites for hydroxylation is 1. The lowest BCUT2D eigenvalue weighted by molar-refractivity contribution is 0.131. The van der Waals surface area contributed by atoms with Crippen molar-refractivity contribution in [1.29, 1.82) is 0 Å². The van der Waals surface area contributed by atoms with Gasteiger partial charge in [0.15, 0.2) is 0 Å². The van der Waals surface area contributed by atoms with Gasteiger partial charge in [0.1, 0.15) is 0 Å². The molecule has 2 aromatic rings. The van der Waals surface area contributed by atoms with Gasteiger partial charge in [-0.25, -0.2) is 4.79 Å². The van der Waals surface area contributed by atoms with Crippen LogP contribution in [0.15, 0.2) is 54.6 Å². The molecule has 2 N–H and O–H groups in total. The molecule has 1 heterocycles. The highest BCUT2D eigenvalue weighted by Gasteiger charge is 2.24. The van der Waals surface area contributed by atoms with Crippen molar-refractivity contribution in [2.45, 2.75) is 19.4 Å². The van der Waals surface area contributed by atoms with E-state index >= 15 is 0 Å². The Labute approximate surface area is 161 Å². The summed E-state index contributed by atoms with van der Waals surface area (Å²) in [7, 11) is 0. The largest absolute Gasteiger partial charge is 0.396 e. The van der Waals surface area contributed by atoms with Crippen LogP contribution in [0.4, 0.5) is 4.79 Å². The summed E-state index contributed by atoms with van der Waals surface area (Å²) in [6, 6.07) is 18.1. The molecular formula is C22H29N3O2. The highest BCUT2D eigenvalue weighted by atomic mass is 16.3. The van der Waals surface area contributed by atoms with Crippen molar-refractivity contribution in [1.82, 2.24) is 15.1 Å². The third-order valence-corrected chi connectivity index (χ3v) is 5.19. The summed E-state index contributed by atoms with van der Waals surface area (Å²) in [6.45, 7) is 6.33. The minimum absolute atomic E-state index is 0.0195. The van der Waals surface area contributed by atoms with Crippen molar-refractivity contribution in [2.24, 2.45) is 0 Å². The SMILES string of the molecule is Cc1ccccc1[C@@H](NC(=O)N1CCN(CCCO)CC1)c1ccccc1. The summed E-state index contributed by atoms with van der Waals surface area (Å²) in [5.41, 5.74) is 3.38. The lowest BCUT2D eigenvalue weighted by atomic mass is 9.95. The molecule has 27 heavy (non-hydrogen) atoms. The molecule has 1 saturated heterocycles. The van der Waals surface area contributed by atoms with Crippen LogP contribution in [0.2, 0.25) is 0 Å². The number of aliphatic hydroxyl groups excluding tert-OH is 1. The van der Waals surface area contributed by atoms with E-state index in [9.17, 15) is 4.79 Å². The van der Waals surface area contributed by atoms with Crippen molar-refractivity contribution in [3.8, 4) is 0 Å². The summed E-state index contributed by atoms with van der Waals surface area (Å²) < 4.78 is 0. The molecule has 144 valence electrons.